The number of anilines is 2. The molecule has 0 bridgehead atoms. The van der Waals surface area contributed by atoms with E-state index in [4.69, 9.17) is 11.6 Å². The van der Waals surface area contributed by atoms with Gasteiger partial charge in [-0.2, -0.15) is 0 Å². The molecule has 1 amide bonds. The van der Waals surface area contributed by atoms with Gasteiger partial charge in [-0.1, -0.05) is 67.1 Å². The van der Waals surface area contributed by atoms with E-state index in [0.717, 1.165) is 43.0 Å². The standard InChI is InChI=1S/C23H24ClN5O.C6H6/c1-2-19-15-29(14-13-25-19)22(30)17-5-9-20(10-6-17)27-23-26-12-11-21(28-23)16-3-7-18(24)8-4-16;1-2-4-6-5-3-1/h3-12,19,25H,2,13-15H2,1H3,(H,26,27,28);1-6H. The second-order valence-corrected chi connectivity index (χ2v) is 8.88. The van der Waals surface area contributed by atoms with Crippen molar-refractivity contribution in [3.63, 3.8) is 0 Å². The van der Waals surface area contributed by atoms with Gasteiger partial charge >= 0.3 is 0 Å². The summed E-state index contributed by atoms with van der Waals surface area (Å²) in [5.41, 5.74) is 3.28. The molecule has 0 radical (unpaired) electrons. The number of piperazine rings is 1. The SMILES string of the molecule is CCC1CN(C(=O)c2ccc(Nc3nccc(-c4ccc(Cl)cc4)n3)cc2)CCN1.c1ccccc1. The molecule has 1 aliphatic heterocycles. The molecule has 4 aromatic rings. The lowest BCUT2D eigenvalue weighted by molar-refractivity contribution is 0.0701. The third kappa shape index (κ3) is 7.13. The van der Waals surface area contributed by atoms with Crippen molar-refractivity contribution >= 4 is 29.1 Å². The third-order valence-electron chi connectivity index (χ3n) is 5.89. The first kappa shape index (κ1) is 25.4. The summed E-state index contributed by atoms with van der Waals surface area (Å²) in [6.45, 7) is 4.46. The van der Waals surface area contributed by atoms with Crippen molar-refractivity contribution in [3.8, 4) is 11.3 Å². The molecular weight excluding hydrogens is 470 g/mol. The van der Waals surface area contributed by atoms with E-state index in [1.54, 1.807) is 6.20 Å². The summed E-state index contributed by atoms with van der Waals surface area (Å²) in [5.74, 6) is 0.567. The molecular formula is C29H30ClN5O. The average Bonchev–Trinajstić information content (AvgIpc) is 2.95. The fourth-order valence-corrected chi connectivity index (χ4v) is 4.00. The van der Waals surface area contributed by atoms with E-state index in [0.29, 0.717) is 22.6 Å². The van der Waals surface area contributed by atoms with Crippen molar-refractivity contribution in [3.05, 3.63) is 108 Å². The lowest BCUT2D eigenvalue weighted by Gasteiger charge is -2.33. The summed E-state index contributed by atoms with van der Waals surface area (Å²) in [7, 11) is 0. The number of carbonyl (C=O) groups is 1. The van der Waals surface area contributed by atoms with Crippen LogP contribution in [-0.4, -0.2) is 46.5 Å². The number of nitrogens with one attached hydrogen (secondary N) is 2. The Morgan fingerprint density at radius 2 is 1.67 bits per heavy atom. The van der Waals surface area contributed by atoms with E-state index in [1.165, 1.54) is 0 Å². The van der Waals surface area contributed by atoms with Gasteiger partial charge in [-0.05, 0) is 48.9 Å². The van der Waals surface area contributed by atoms with Gasteiger partial charge in [-0.15, -0.1) is 0 Å². The second-order valence-electron chi connectivity index (χ2n) is 8.44. The molecule has 5 rings (SSSR count). The Morgan fingerprint density at radius 3 is 2.31 bits per heavy atom. The highest BCUT2D eigenvalue weighted by atomic mass is 35.5. The van der Waals surface area contributed by atoms with Crippen molar-refractivity contribution in [2.75, 3.05) is 25.0 Å². The Hall–Kier alpha value is -3.74. The molecule has 2 heterocycles. The van der Waals surface area contributed by atoms with E-state index in [1.807, 2.05) is 95.9 Å². The zero-order valence-corrected chi connectivity index (χ0v) is 21.0. The molecule has 6 nitrogen and oxygen atoms in total. The number of carbonyl (C=O) groups excluding carboxylic acids is 1. The van der Waals surface area contributed by atoms with Gasteiger partial charge in [-0.3, -0.25) is 4.79 Å². The van der Waals surface area contributed by atoms with Crippen LogP contribution in [0.3, 0.4) is 0 Å². The van der Waals surface area contributed by atoms with E-state index in [-0.39, 0.29) is 5.91 Å². The van der Waals surface area contributed by atoms with Crippen LogP contribution in [0.2, 0.25) is 5.02 Å². The molecule has 1 fully saturated rings. The molecule has 0 spiro atoms. The maximum atomic E-state index is 12.8. The minimum atomic E-state index is 0.0717. The number of rotatable bonds is 5. The third-order valence-corrected chi connectivity index (χ3v) is 6.14. The van der Waals surface area contributed by atoms with Crippen LogP contribution < -0.4 is 10.6 Å². The highest BCUT2D eigenvalue weighted by molar-refractivity contribution is 6.30. The fraction of sp³-hybridized carbons (Fsp3) is 0.207. The zero-order chi connectivity index (χ0) is 25.2. The molecule has 1 unspecified atom stereocenters. The molecule has 3 aromatic carbocycles. The Bertz CT molecular complexity index is 1210. The summed E-state index contributed by atoms with van der Waals surface area (Å²) in [6.07, 6.45) is 2.73. The molecule has 0 aliphatic carbocycles. The fourth-order valence-electron chi connectivity index (χ4n) is 3.88. The van der Waals surface area contributed by atoms with Crippen molar-refractivity contribution in [1.82, 2.24) is 20.2 Å². The Labute approximate surface area is 217 Å². The maximum absolute atomic E-state index is 12.8. The molecule has 1 atom stereocenters. The monoisotopic (exact) mass is 499 g/mol. The number of nitrogens with zero attached hydrogens (tertiary/aromatic N) is 3. The maximum Gasteiger partial charge on any atom is 0.253 e. The minimum Gasteiger partial charge on any atom is -0.336 e. The number of aromatic nitrogens is 2. The lowest BCUT2D eigenvalue weighted by atomic mass is 10.1. The Kier molecular flexibility index (Phi) is 9.03. The predicted octanol–water partition coefficient (Wildman–Crippen LogP) is 6.05. The van der Waals surface area contributed by atoms with Crippen LogP contribution in [0, 0.1) is 0 Å². The van der Waals surface area contributed by atoms with Gasteiger partial charge in [0.05, 0.1) is 5.69 Å². The molecule has 1 aromatic heterocycles. The first-order valence-corrected chi connectivity index (χ1v) is 12.5. The highest BCUT2D eigenvalue weighted by Crippen LogP contribution is 2.22. The van der Waals surface area contributed by atoms with Crippen LogP contribution in [0.4, 0.5) is 11.6 Å². The molecule has 36 heavy (non-hydrogen) atoms. The van der Waals surface area contributed by atoms with Crippen LogP contribution in [0.15, 0.2) is 97.2 Å². The summed E-state index contributed by atoms with van der Waals surface area (Å²) in [4.78, 5) is 23.6. The summed E-state index contributed by atoms with van der Waals surface area (Å²) in [5, 5.41) is 7.33. The van der Waals surface area contributed by atoms with Crippen molar-refractivity contribution in [1.29, 1.82) is 0 Å². The first-order valence-electron chi connectivity index (χ1n) is 12.1. The number of amides is 1. The Morgan fingerprint density at radius 1 is 1.00 bits per heavy atom. The van der Waals surface area contributed by atoms with Crippen LogP contribution in [-0.2, 0) is 0 Å². The molecule has 1 saturated heterocycles. The van der Waals surface area contributed by atoms with E-state index in [9.17, 15) is 4.79 Å². The van der Waals surface area contributed by atoms with Crippen LogP contribution in [0.25, 0.3) is 11.3 Å². The predicted molar refractivity (Wildman–Crippen MR) is 147 cm³/mol. The molecule has 184 valence electrons. The largest absolute Gasteiger partial charge is 0.336 e. The molecule has 7 heteroatoms. The quantitative estimate of drug-likeness (QED) is 0.349. The van der Waals surface area contributed by atoms with Gasteiger partial charge in [-0.25, -0.2) is 9.97 Å². The van der Waals surface area contributed by atoms with Crippen LogP contribution in [0.5, 0.6) is 0 Å². The van der Waals surface area contributed by atoms with Gasteiger partial charge in [0, 0.05) is 53.7 Å². The number of benzene rings is 3. The zero-order valence-electron chi connectivity index (χ0n) is 20.3. The van der Waals surface area contributed by atoms with E-state index < -0.39 is 0 Å². The second kappa shape index (κ2) is 12.8. The van der Waals surface area contributed by atoms with Crippen molar-refractivity contribution in [2.24, 2.45) is 0 Å². The average molecular weight is 500 g/mol. The molecule has 0 saturated carbocycles. The smallest absolute Gasteiger partial charge is 0.253 e. The van der Waals surface area contributed by atoms with Gasteiger partial charge in [0.2, 0.25) is 5.95 Å². The van der Waals surface area contributed by atoms with Gasteiger partial charge < -0.3 is 15.5 Å². The lowest BCUT2D eigenvalue weighted by Crippen LogP contribution is -2.52. The number of halogens is 1. The number of hydrogen-bond acceptors (Lipinski definition) is 5. The van der Waals surface area contributed by atoms with Crippen LogP contribution in [0.1, 0.15) is 23.7 Å². The normalized spacial score (nSPS) is 14.9. The summed E-state index contributed by atoms with van der Waals surface area (Å²) >= 11 is 5.96. The molecule has 2 N–H and O–H groups in total. The van der Waals surface area contributed by atoms with E-state index in [2.05, 4.69) is 27.5 Å². The first-order chi connectivity index (χ1) is 17.6. The van der Waals surface area contributed by atoms with Gasteiger partial charge in [0.1, 0.15) is 0 Å². The summed E-state index contributed by atoms with van der Waals surface area (Å²) in [6, 6.07) is 29.2. The highest BCUT2D eigenvalue weighted by Gasteiger charge is 2.22. The number of hydrogen-bond donors (Lipinski definition) is 2. The van der Waals surface area contributed by atoms with Crippen molar-refractivity contribution in [2.45, 2.75) is 19.4 Å². The topological polar surface area (TPSA) is 70.2 Å². The Balaban J connectivity index is 0.000000445. The molecule has 1 aliphatic rings. The summed E-state index contributed by atoms with van der Waals surface area (Å²) < 4.78 is 0. The van der Waals surface area contributed by atoms with Gasteiger partial charge in [0.25, 0.3) is 5.91 Å². The van der Waals surface area contributed by atoms with Crippen LogP contribution >= 0.6 is 11.6 Å². The van der Waals surface area contributed by atoms with E-state index >= 15 is 0 Å². The van der Waals surface area contributed by atoms with Gasteiger partial charge in [0.15, 0.2) is 0 Å². The minimum absolute atomic E-state index is 0.0717. The van der Waals surface area contributed by atoms with Crippen molar-refractivity contribution < 1.29 is 4.79 Å².